The van der Waals surface area contributed by atoms with Gasteiger partial charge in [-0.15, -0.1) is 0 Å². The van der Waals surface area contributed by atoms with E-state index in [0.29, 0.717) is 37.8 Å². The minimum atomic E-state index is -0.967. The zero-order valence-corrected chi connectivity index (χ0v) is 13.1. The summed E-state index contributed by atoms with van der Waals surface area (Å²) in [5.41, 5.74) is -0.967. The Bertz CT molecular complexity index is 547. The normalized spacial score (nSPS) is 25.1. The van der Waals surface area contributed by atoms with Crippen LogP contribution >= 0.6 is 0 Å². The Morgan fingerprint density at radius 2 is 2.13 bits per heavy atom. The van der Waals surface area contributed by atoms with Crippen molar-refractivity contribution in [1.29, 1.82) is 0 Å². The van der Waals surface area contributed by atoms with E-state index in [0.717, 1.165) is 12.8 Å². The van der Waals surface area contributed by atoms with E-state index in [1.165, 1.54) is 30.7 Å². The van der Waals surface area contributed by atoms with Gasteiger partial charge in [0.15, 0.2) is 0 Å². The second-order valence-corrected chi connectivity index (χ2v) is 6.62. The van der Waals surface area contributed by atoms with Gasteiger partial charge in [-0.3, -0.25) is 9.69 Å². The molecular weight excluding hydrogens is 299 g/mol. The van der Waals surface area contributed by atoms with Gasteiger partial charge in [0.2, 0.25) is 5.91 Å². The van der Waals surface area contributed by atoms with Gasteiger partial charge in [-0.05, 0) is 49.9 Å². The van der Waals surface area contributed by atoms with Crippen molar-refractivity contribution in [3.05, 3.63) is 30.1 Å². The lowest BCUT2D eigenvalue weighted by molar-refractivity contribution is -0.123. The molecule has 1 aliphatic heterocycles. The molecule has 5 nitrogen and oxygen atoms in total. The summed E-state index contributed by atoms with van der Waals surface area (Å²) < 4.78 is 18.4. The highest BCUT2D eigenvalue weighted by atomic mass is 19.1. The third-order valence-electron chi connectivity index (χ3n) is 4.57. The molecule has 6 heteroatoms. The number of rotatable bonds is 6. The van der Waals surface area contributed by atoms with Gasteiger partial charge in [0, 0.05) is 19.1 Å². The van der Waals surface area contributed by atoms with Crippen LogP contribution in [0.15, 0.2) is 24.3 Å². The van der Waals surface area contributed by atoms with Crippen LogP contribution in [-0.2, 0) is 4.79 Å². The topological polar surface area (TPSA) is 61.8 Å². The van der Waals surface area contributed by atoms with E-state index >= 15 is 0 Å². The molecule has 1 saturated heterocycles. The van der Waals surface area contributed by atoms with Crippen LogP contribution in [0.4, 0.5) is 4.39 Å². The summed E-state index contributed by atoms with van der Waals surface area (Å²) in [6.07, 6.45) is 3.89. The number of β-amino-alcohol motifs (C(OH)–C–C–N with tert-alkyl or cyclic N) is 1. The molecule has 126 valence electrons. The summed E-state index contributed by atoms with van der Waals surface area (Å²) in [5.74, 6) is 0.236. The highest BCUT2D eigenvalue weighted by molar-refractivity contribution is 5.78. The van der Waals surface area contributed by atoms with E-state index in [4.69, 9.17) is 4.74 Å². The van der Waals surface area contributed by atoms with Crippen LogP contribution in [0.5, 0.6) is 5.75 Å². The molecule has 2 fully saturated rings. The number of amides is 1. The number of hydrogen-bond acceptors (Lipinski definition) is 4. The molecule has 1 saturated carbocycles. The van der Waals surface area contributed by atoms with Crippen molar-refractivity contribution in [1.82, 2.24) is 10.2 Å². The van der Waals surface area contributed by atoms with Crippen LogP contribution in [0.2, 0.25) is 0 Å². The number of nitrogens with one attached hydrogen (secondary N) is 1. The molecule has 1 amide bonds. The molecule has 1 aromatic rings. The monoisotopic (exact) mass is 322 g/mol. The number of benzene rings is 1. The quantitative estimate of drug-likeness (QED) is 0.829. The number of carbonyl (C=O) groups excluding carboxylic acids is 1. The predicted molar refractivity (Wildman–Crippen MR) is 83.7 cm³/mol. The molecule has 0 unspecified atom stereocenters. The molecule has 1 atom stereocenters. The van der Waals surface area contributed by atoms with Crippen LogP contribution in [0, 0.1) is 5.82 Å². The fourth-order valence-electron chi connectivity index (χ4n) is 2.97. The summed E-state index contributed by atoms with van der Waals surface area (Å²) in [7, 11) is 0. The molecule has 3 rings (SSSR count). The van der Waals surface area contributed by atoms with Crippen LogP contribution < -0.4 is 10.1 Å². The van der Waals surface area contributed by atoms with Crippen molar-refractivity contribution in [2.24, 2.45) is 0 Å². The van der Waals surface area contributed by atoms with E-state index < -0.39 is 5.60 Å². The molecule has 2 N–H and O–H groups in total. The van der Waals surface area contributed by atoms with Crippen LogP contribution in [-0.4, -0.2) is 53.8 Å². The lowest BCUT2D eigenvalue weighted by Crippen LogP contribution is -2.46. The van der Waals surface area contributed by atoms with Crippen molar-refractivity contribution < 1.29 is 19.0 Å². The average molecular weight is 322 g/mol. The van der Waals surface area contributed by atoms with Gasteiger partial charge in [-0.2, -0.15) is 0 Å². The van der Waals surface area contributed by atoms with Crippen molar-refractivity contribution in [2.45, 2.75) is 37.3 Å². The highest BCUT2D eigenvalue weighted by Gasteiger charge is 2.37. The maximum absolute atomic E-state index is 12.8. The summed E-state index contributed by atoms with van der Waals surface area (Å²) in [6, 6.07) is 6.07. The summed E-state index contributed by atoms with van der Waals surface area (Å²) in [5, 5.41) is 13.6. The maximum atomic E-state index is 12.8. The first kappa shape index (κ1) is 16.2. The van der Waals surface area contributed by atoms with Crippen LogP contribution in [0.3, 0.4) is 0 Å². The Labute approximate surface area is 135 Å². The Balaban J connectivity index is 1.43. The minimum Gasteiger partial charge on any atom is -0.491 e. The predicted octanol–water partition coefficient (Wildman–Crippen LogP) is 1.31. The second kappa shape index (κ2) is 6.84. The van der Waals surface area contributed by atoms with E-state index in [2.05, 4.69) is 5.32 Å². The van der Waals surface area contributed by atoms with Crippen LogP contribution in [0.25, 0.3) is 0 Å². The van der Waals surface area contributed by atoms with Gasteiger partial charge in [0.25, 0.3) is 0 Å². The number of hydrogen-bond donors (Lipinski definition) is 2. The Hall–Kier alpha value is -1.66. The number of aliphatic hydroxyl groups is 1. The number of likely N-dealkylation sites (tertiary alicyclic amines) is 1. The molecule has 0 spiro atoms. The lowest BCUT2D eigenvalue weighted by Gasteiger charge is -2.28. The standard InChI is InChI=1S/C17H23FN2O3/c18-13-4-6-15(7-5-13)23-12-17(22)8-9-20(11-17)10-16(21)19-14-2-1-3-14/h4-7,14,22H,1-3,8-12H2,(H,19,21)/t17-/m1/s1. The first-order chi connectivity index (χ1) is 11.0. The number of halogens is 1. The summed E-state index contributed by atoms with van der Waals surface area (Å²) in [4.78, 5) is 13.9. The van der Waals surface area contributed by atoms with E-state index in [-0.39, 0.29) is 18.3 Å². The number of nitrogens with zero attached hydrogens (tertiary/aromatic N) is 1. The molecule has 2 aliphatic rings. The second-order valence-electron chi connectivity index (χ2n) is 6.62. The summed E-state index contributed by atoms with van der Waals surface area (Å²) in [6.45, 7) is 1.53. The van der Waals surface area contributed by atoms with Gasteiger partial charge >= 0.3 is 0 Å². The number of carbonyl (C=O) groups is 1. The van der Waals surface area contributed by atoms with Gasteiger partial charge in [-0.1, -0.05) is 0 Å². The van der Waals surface area contributed by atoms with Gasteiger partial charge in [0.1, 0.15) is 23.8 Å². The van der Waals surface area contributed by atoms with E-state index in [1.807, 2.05) is 4.90 Å². The molecule has 0 bridgehead atoms. The highest BCUT2D eigenvalue weighted by Crippen LogP contribution is 2.23. The van der Waals surface area contributed by atoms with Crippen LogP contribution in [0.1, 0.15) is 25.7 Å². The summed E-state index contributed by atoms with van der Waals surface area (Å²) >= 11 is 0. The molecular formula is C17H23FN2O3. The minimum absolute atomic E-state index is 0.0263. The SMILES string of the molecule is O=C(CN1CC[C@](O)(COc2ccc(F)cc2)C1)NC1CCC1. The zero-order chi connectivity index (χ0) is 16.3. The first-order valence-corrected chi connectivity index (χ1v) is 8.15. The molecule has 0 radical (unpaired) electrons. The van der Waals surface area contributed by atoms with Gasteiger partial charge in [0.05, 0.1) is 6.54 Å². The Morgan fingerprint density at radius 1 is 1.39 bits per heavy atom. The molecule has 1 aliphatic carbocycles. The van der Waals surface area contributed by atoms with Crippen molar-refractivity contribution in [3.8, 4) is 5.75 Å². The van der Waals surface area contributed by atoms with Crippen molar-refractivity contribution in [3.63, 3.8) is 0 Å². The molecule has 1 heterocycles. The fourth-order valence-corrected chi connectivity index (χ4v) is 2.97. The third-order valence-corrected chi connectivity index (χ3v) is 4.57. The Morgan fingerprint density at radius 3 is 2.78 bits per heavy atom. The first-order valence-electron chi connectivity index (χ1n) is 8.15. The molecule has 23 heavy (non-hydrogen) atoms. The van der Waals surface area contributed by atoms with E-state index in [9.17, 15) is 14.3 Å². The van der Waals surface area contributed by atoms with Gasteiger partial charge < -0.3 is 15.2 Å². The lowest BCUT2D eigenvalue weighted by atomic mass is 9.93. The largest absolute Gasteiger partial charge is 0.491 e. The van der Waals surface area contributed by atoms with Crippen molar-refractivity contribution >= 4 is 5.91 Å². The third kappa shape index (κ3) is 4.42. The molecule has 0 aromatic heterocycles. The Kier molecular flexibility index (Phi) is 4.82. The fraction of sp³-hybridized carbons (Fsp3) is 0.588. The van der Waals surface area contributed by atoms with E-state index in [1.54, 1.807) is 0 Å². The van der Waals surface area contributed by atoms with Gasteiger partial charge in [-0.25, -0.2) is 4.39 Å². The van der Waals surface area contributed by atoms with Crippen molar-refractivity contribution in [2.75, 3.05) is 26.2 Å². The average Bonchev–Trinajstić information content (AvgIpc) is 2.84. The maximum Gasteiger partial charge on any atom is 0.234 e. The molecule has 1 aromatic carbocycles. The zero-order valence-electron chi connectivity index (χ0n) is 13.1. The smallest absolute Gasteiger partial charge is 0.234 e. The number of ether oxygens (including phenoxy) is 1.